The average Bonchev–Trinajstić information content (AvgIpc) is 2.99. The zero-order valence-corrected chi connectivity index (χ0v) is 19.1. The van der Waals surface area contributed by atoms with Gasteiger partial charge in [0.25, 0.3) is 5.91 Å². The van der Waals surface area contributed by atoms with E-state index >= 15 is 0 Å². The van der Waals surface area contributed by atoms with Crippen LogP contribution in [0.5, 0.6) is 0 Å². The SMILES string of the molecule is CCCc1nc(N2CCN(C(=O)c3ccccc3)CC2)c2c3c(sc2n1)CCCCC3. The van der Waals surface area contributed by atoms with Gasteiger partial charge in [-0.1, -0.05) is 31.5 Å². The van der Waals surface area contributed by atoms with Crippen LogP contribution in [0.1, 0.15) is 59.2 Å². The van der Waals surface area contributed by atoms with Crippen molar-refractivity contribution in [3.63, 3.8) is 0 Å². The lowest BCUT2D eigenvalue weighted by atomic mass is 10.1. The van der Waals surface area contributed by atoms with Gasteiger partial charge in [0.2, 0.25) is 0 Å². The predicted octanol–water partition coefficient (Wildman–Crippen LogP) is 4.88. The Kier molecular flexibility index (Phi) is 5.90. The van der Waals surface area contributed by atoms with E-state index < -0.39 is 0 Å². The van der Waals surface area contributed by atoms with Gasteiger partial charge >= 0.3 is 0 Å². The van der Waals surface area contributed by atoms with Crippen molar-refractivity contribution in [2.75, 3.05) is 31.1 Å². The minimum Gasteiger partial charge on any atom is -0.352 e. The molecule has 31 heavy (non-hydrogen) atoms. The van der Waals surface area contributed by atoms with E-state index in [1.807, 2.05) is 46.6 Å². The van der Waals surface area contributed by atoms with Crippen molar-refractivity contribution in [2.45, 2.75) is 51.9 Å². The van der Waals surface area contributed by atoms with E-state index in [0.29, 0.717) is 0 Å². The molecule has 1 amide bonds. The van der Waals surface area contributed by atoms with Gasteiger partial charge in [0.05, 0.1) is 5.39 Å². The van der Waals surface area contributed by atoms with Crippen LogP contribution in [0.3, 0.4) is 0 Å². The van der Waals surface area contributed by atoms with Crippen molar-refractivity contribution >= 4 is 33.3 Å². The Balaban J connectivity index is 1.44. The molecular weight excluding hydrogens is 404 g/mol. The van der Waals surface area contributed by atoms with E-state index in [9.17, 15) is 4.79 Å². The van der Waals surface area contributed by atoms with Gasteiger partial charge in [-0.15, -0.1) is 11.3 Å². The van der Waals surface area contributed by atoms with Crippen molar-refractivity contribution in [3.8, 4) is 0 Å². The fourth-order valence-corrected chi connectivity index (χ4v) is 6.08. The molecule has 1 aliphatic heterocycles. The summed E-state index contributed by atoms with van der Waals surface area (Å²) < 4.78 is 0. The number of anilines is 1. The van der Waals surface area contributed by atoms with Crippen LogP contribution in [0.15, 0.2) is 30.3 Å². The fourth-order valence-electron chi connectivity index (χ4n) is 4.81. The van der Waals surface area contributed by atoms with Crippen molar-refractivity contribution in [1.82, 2.24) is 14.9 Å². The molecule has 1 aromatic carbocycles. The van der Waals surface area contributed by atoms with Gasteiger partial charge in [-0.05, 0) is 49.8 Å². The van der Waals surface area contributed by atoms with Crippen LogP contribution in [0.4, 0.5) is 5.82 Å². The summed E-state index contributed by atoms with van der Waals surface area (Å²) in [7, 11) is 0. The highest BCUT2D eigenvalue weighted by Gasteiger charge is 2.27. The van der Waals surface area contributed by atoms with E-state index in [-0.39, 0.29) is 5.91 Å². The number of benzene rings is 1. The lowest BCUT2D eigenvalue weighted by molar-refractivity contribution is 0.0746. The first kappa shape index (κ1) is 20.4. The molecule has 1 aliphatic carbocycles. The normalized spacial score (nSPS) is 16.9. The maximum atomic E-state index is 12.9. The zero-order valence-electron chi connectivity index (χ0n) is 18.3. The van der Waals surface area contributed by atoms with E-state index in [1.165, 1.54) is 46.3 Å². The van der Waals surface area contributed by atoms with Crippen LogP contribution in [0, 0.1) is 0 Å². The molecule has 6 heteroatoms. The molecule has 0 bridgehead atoms. The van der Waals surface area contributed by atoms with Gasteiger partial charge in [0.1, 0.15) is 16.5 Å². The fraction of sp³-hybridized carbons (Fsp3) is 0.480. The molecule has 0 spiro atoms. The number of thiophene rings is 1. The molecule has 5 rings (SSSR count). The van der Waals surface area contributed by atoms with Crippen LogP contribution in [-0.2, 0) is 19.3 Å². The molecule has 5 nitrogen and oxygen atoms in total. The summed E-state index contributed by atoms with van der Waals surface area (Å²) in [6.45, 7) is 5.29. The molecule has 0 atom stereocenters. The first-order valence-corrected chi connectivity index (χ1v) is 12.5. The second-order valence-corrected chi connectivity index (χ2v) is 9.69. The molecule has 162 valence electrons. The number of amides is 1. The topological polar surface area (TPSA) is 49.3 Å². The molecular formula is C25H30N4OS. The second-order valence-electron chi connectivity index (χ2n) is 8.60. The van der Waals surface area contributed by atoms with E-state index in [4.69, 9.17) is 9.97 Å². The number of carbonyl (C=O) groups excluding carboxylic acids is 1. The highest BCUT2D eigenvalue weighted by atomic mass is 32.1. The maximum Gasteiger partial charge on any atom is 0.253 e. The minimum atomic E-state index is 0.129. The molecule has 0 N–H and O–H groups in total. The van der Waals surface area contributed by atoms with Gasteiger partial charge in [0.15, 0.2) is 0 Å². The lowest BCUT2D eigenvalue weighted by Crippen LogP contribution is -2.49. The third-order valence-electron chi connectivity index (χ3n) is 6.45. The lowest BCUT2D eigenvalue weighted by Gasteiger charge is -2.36. The summed E-state index contributed by atoms with van der Waals surface area (Å²) in [6.07, 6.45) is 8.14. The van der Waals surface area contributed by atoms with E-state index in [2.05, 4.69) is 11.8 Å². The Labute approximate surface area is 188 Å². The van der Waals surface area contributed by atoms with Crippen LogP contribution in [0.2, 0.25) is 0 Å². The zero-order chi connectivity index (χ0) is 21.2. The number of hydrogen-bond acceptors (Lipinski definition) is 5. The second kappa shape index (κ2) is 8.95. The van der Waals surface area contributed by atoms with Crippen molar-refractivity contribution < 1.29 is 4.79 Å². The number of nitrogens with zero attached hydrogens (tertiary/aromatic N) is 4. The Morgan fingerprint density at radius 1 is 1.00 bits per heavy atom. The minimum absolute atomic E-state index is 0.129. The smallest absolute Gasteiger partial charge is 0.253 e. The molecule has 1 fully saturated rings. The van der Waals surface area contributed by atoms with Gasteiger partial charge in [-0.2, -0.15) is 0 Å². The van der Waals surface area contributed by atoms with E-state index in [0.717, 1.165) is 62.6 Å². The monoisotopic (exact) mass is 434 g/mol. The Bertz CT molecular complexity index is 1070. The highest BCUT2D eigenvalue weighted by Crippen LogP contribution is 2.39. The number of hydrogen-bond donors (Lipinski definition) is 0. The van der Waals surface area contributed by atoms with Crippen LogP contribution >= 0.6 is 11.3 Å². The third-order valence-corrected chi connectivity index (χ3v) is 7.64. The van der Waals surface area contributed by atoms with Gasteiger partial charge < -0.3 is 9.80 Å². The summed E-state index contributed by atoms with van der Waals surface area (Å²) >= 11 is 1.89. The Morgan fingerprint density at radius 2 is 1.77 bits per heavy atom. The van der Waals surface area contributed by atoms with Gasteiger partial charge in [-0.3, -0.25) is 4.79 Å². The van der Waals surface area contributed by atoms with Gasteiger partial charge in [-0.25, -0.2) is 9.97 Å². The van der Waals surface area contributed by atoms with Gasteiger partial charge in [0, 0.05) is 43.0 Å². The average molecular weight is 435 g/mol. The number of piperazine rings is 1. The highest BCUT2D eigenvalue weighted by molar-refractivity contribution is 7.19. The molecule has 3 heterocycles. The first-order valence-electron chi connectivity index (χ1n) is 11.6. The predicted molar refractivity (Wildman–Crippen MR) is 127 cm³/mol. The molecule has 0 saturated carbocycles. The summed E-state index contributed by atoms with van der Waals surface area (Å²) in [5.74, 6) is 2.20. The molecule has 1 saturated heterocycles. The van der Waals surface area contributed by atoms with E-state index in [1.54, 1.807) is 0 Å². The Morgan fingerprint density at radius 3 is 2.55 bits per heavy atom. The number of aromatic nitrogens is 2. The Hall–Kier alpha value is -2.47. The van der Waals surface area contributed by atoms with Crippen LogP contribution in [-0.4, -0.2) is 47.0 Å². The van der Waals surface area contributed by atoms with Crippen molar-refractivity contribution in [3.05, 3.63) is 52.2 Å². The third kappa shape index (κ3) is 4.05. The maximum absolute atomic E-state index is 12.9. The summed E-state index contributed by atoms with van der Waals surface area (Å²) in [5.41, 5.74) is 2.27. The van der Waals surface area contributed by atoms with Crippen LogP contribution < -0.4 is 4.90 Å². The number of fused-ring (bicyclic) bond motifs is 3. The number of carbonyl (C=O) groups is 1. The number of rotatable bonds is 4. The molecule has 3 aromatic rings. The van der Waals surface area contributed by atoms with Crippen molar-refractivity contribution in [2.24, 2.45) is 0 Å². The number of aryl methyl sites for hydroxylation is 3. The largest absolute Gasteiger partial charge is 0.352 e. The summed E-state index contributed by atoms with van der Waals surface area (Å²) in [4.78, 5) is 30.0. The molecule has 2 aromatic heterocycles. The molecule has 0 unspecified atom stereocenters. The standard InChI is InChI=1S/C25H30N4OS/c1-2-9-21-26-23(22-19-12-7-4-8-13-20(19)31-24(22)27-21)28-14-16-29(17-15-28)25(30)18-10-5-3-6-11-18/h3,5-6,10-11H,2,4,7-9,12-17H2,1H3. The van der Waals surface area contributed by atoms with Crippen molar-refractivity contribution in [1.29, 1.82) is 0 Å². The van der Waals surface area contributed by atoms with Crippen LogP contribution in [0.25, 0.3) is 10.2 Å². The molecule has 2 aliphatic rings. The quantitative estimate of drug-likeness (QED) is 0.550. The first-order chi connectivity index (χ1) is 15.2. The molecule has 0 radical (unpaired) electrons. The summed E-state index contributed by atoms with van der Waals surface area (Å²) in [5, 5.41) is 1.30. The summed E-state index contributed by atoms with van der Waals surface area (Å²) in [6, 6.07) is 9.62.